The number of benzene rings is 1. The van der Waals surface area contributed by atoms with E-state index in [0.29, 0.717) is 5.56 Å². The van der Waals surface area contributed by atoms with Crippen LogP contribution in [-0.2, 0) is 30.4 Å². The Bertz CT molecular complexity index is 708. The van der Waals surface area contributed by atoms with E-state index in [1.807, 2.05) is 0 Å². The summed E-state index contributed by atoms with van der Waals surface area (Å²) in [5.74, 6) is -3.98. The van der Waals surface area contributed by atoms with Crippen LogP contribution in [0.3, 0.4) is 0 Å². The zero-order valence-electron chi connectivity index (χ0n) is 15.0. The molecule has 151 valence electrons. The first-order valence-corrected chi connectivity index (χ1v) is 8.44. The summed E-state index contributed by atoms with van der Waals surface area (Å²) in [5.41, 5.74) is 6.22. The quantitative estimate of drug-likeness (QED) is 0.300. The lowest BCUT2D eigenvalue weighted by atomic mass is 10.0. The Hall–Kier alpha value is -3.27. The second-order valence-electron chi connectivity index (χ2n) is 6.07. The van der Waals surface area contributed by atoms with Crippen LogP contribution in [0.5, 0.6) is 0 Å². The van der Waals surface area contributed by atoms with Crippen LogP contribution in [0.2, 0.25) is 0 Å². The van der Waals surface area contributed by atoms with Gasteiger partial charge in [0.2, 0.25) is 18.1 Å². The Morgan fingerprint density at radius 2 is 1.64 bits per heavy atom. The molecule has 1 aromatic carbocycles. The summed E-state index contributed by atoms with van der Waals surface area (Å²) in [6.07, 6.45) is 0.485. The molecule has 0 fully saturated rings. The molecule has 0 unspecified atom stereocenters. The van der Waals surface area contributed by atoms with Crippen molar-refractivity contribution in [2.75, 3.05) is 0 Å². The van der Waals surface area contributed by atoms with Crippen LogP contribution in [0, 0.1) is 0 Å². The Kier molecular flexibility index (Phi) is 9.31. The molecule has 0 aliphatic rings. The molecule has 28 heavy (non-hydrogen) atoms. The summed E-state index contributed by atoms with van der Waals surface area (Å²) in [6.45, 7) is 0. The van der Waals surface area contributed by atoms with Crippen LogP contribution in [0.1, 0.15) is 24.8 Å². The minimum absolute atomic E-state index is 0.0582. The Morgan fingerprint density at radius 1 is 1.00 bits per heavy atom. The number of carboxylic acids is 2. The molecule has 1 aromatic rings. The van der Waals surface area contributed by atoms with Gasteiger partial charge < -0.3 is 26.6 Å². The SMILES string of the molecule is N[C@@H](CC(=O)O)C(=O)N[C@@H](Cc1ccccc1)C(=O)N[C@H]([C]=O)CCC(=O)O. The van der Waals surface area contributed by atoms with Gasteiger partial charge in [0.15, 0.2) is 0 Å². The second-order valence-corrected chi connectivity index (χ2v) is 6.07. The summed E-state index contributed by atoms with van der Waals surface area (Å²) in [6, 6.07) is 5.01. The minimum Gasteiger partial charge on any atom is -0.481 e. The number of amides is 2. The molecule has 0 aliphatic carbocycles. The first-order chi connectivity index (χ1) is 13.2. The van der Waals surface area contributed by atoms with Crippen molar-refractivity contribution in [1.82, 2.24) is 10.6 Å². The standard InChI is InChI=1S/C18H22N3O7/c19-13(9-16(25)26)17(27)21-14(8-11-4-2-1-3-5-11)18(28)20-12(10-22)6-7-15(23)24/h1-5,12-14H,6-9,19H2,(H,20,28)(H,21,27)(H,23,24)(H,25,26)/t12-,13-,14-/m0/s1. The van der Waals surface area contributed by atoms with E-state index in [9.17, 15) is 24.0 Å². The van der Waals surface area contributed by atoms with Gasteiger partial charge in [-0.15, -0.1) is 0 Å². The van der Waals surface area contributed by atoms with E-state index in [-0.39, 0.29) is 19.3 Å². The normalized spacial score (nSPS) is 13.6. The minimum atomic E-state index is -1.36. The third kappa shape index (κ3) is 8.41. The molecule has 10 heteroatoms. The van der Waals surface area contributed by atoms with Crippen molar-refractivity contribution in [2.45, 2.75) is 43.8 Å². The van der Waals surface area contributed by atoms with Crippen molar-refractivity contribution < 1.29 is 34.2 Å². The molecule has 3 atom stereocenters. The third-order valence-corrected chi connectivity index (χ3v) is 3.75. The Labute approximate surface area is 161 Å². The molecule has 0 bridgehead atoms. The second kappa shape index (κ2) is 11.4. The van der Waals surface area contributed by atoms with Gasteiger partial charge in [0.25, 0.3) is 0 Å². The molecular formula is C18H22N3O7. The number of hydrogen-bond acceptors (Lipinski definition) is 6. The average Bonchev–Trinajstić information content (AvgIpc) is 2.64. The fourth-order valence-electron chi connectivity index (χ4n) is 2.32. The van der Waals surface area contributed by atoms with Crippen LogP contribution in [0.25, 0.3) is 0 Å². The van der Waals surface area contributed by atoms with Crippen molar-refractivity contribution in [2.24, 2.45) is 5.73 Å². The monoisotopic (exact) mass is 392 g/mol. The van der Waals surface area contributed by atoms with Crippen LogP contribution >= 0.6 is 0 Å². The topological polar surface area (TPSA) is 176 Å². The first kappa shape index (κ1) is 22.8. The van der Waals surface area contributed by atoms with Gasteiger partial charge >= 0.3 is 11.9 Å². The van der Waals surface area contributed by atoms with E-state index in [0.717, 1.165) is 0 Å². The lowest BCUT2D eigenvalue weighted by Gasteiger charge is -2.22. The molecule has 0 spiro atoms. The summed E-state index contributed by atoms with van der Waals surface area (Å²) in [4.78, 5) is 57.0. The molecule has 10 nitrogen and oxygen atoms in total. The van der Waals surface area contributed by atoms with E-state index >= 15 is 0 Å². The van der Waals surface area contributed by atoms with Gasteiger partial charge in [0, 0.05) is 12.8 Å². The summed E-state index contributed by atoms with van der Waals surface area (Å²) >= 11 is 0. The number of rotatable bonds is 12. The van der Waals surface area contributed by atoms with Gasteiger partial charge in [-0.05, 0) is 12.0 Å². The maximum absolute atomic E-state index is 12.5. The van der Waals surface area contributed by atoms with Gasteiger partial charge in [0.1, 0.15) is 6.04 Å². The fraction of sp³-hybridized carbons (Fsp3) is 0.389. The fourth-order valence-corrected chi connectivity index (χ4v) is 2.32. The molecule has 1 rings (SSSR count). The lowest BCUT2D eigenvalue weighted by molar-refractivity contribution is -0.140. The van der Waals surface area contributed by atoms with Crippen molar-refractivity contribution >= 4 is 30.0 Å². The highest BCUT2D eigenvalue weighted by molar-refractivity contribution is 5.92. The third-order valence-electron chi connectivity index (χ3n) is 3.75. The zero-order valence-corrected chi connectivity index (χ0v) is 15.0. The van der Waals surface area contributed by atoms with Gasteiger partial charge in [-0.3, -0.25) is 24.0 Å². The number of aliphatic carboxylic acids is 2. The molecule has 1 radical (unpaired) electrons. The number of nitrogens with two attached hydrogens (primary N) is 1. The van der Waals surface area contributed by atoms with Crippen LogP contribution in [-0.4, -0.2) is 58.4 Å². The first-order valence-electron chi connectivity index (χ1n) is 8.44. The summed E-state index contributed by atoms with van der Waals surface area (Å²) < 4.78 is 0. The summed E-state index contributed by atoms with van der Waals surface area (Å²) in [7, 11) is 0. The van der Waals surface area contributed by atoms with Crippen molar-refractivity contribution in [3.05, 3.63) is 35.9 Å². The van der Waals surface area contributed by atoms with Gasteiger partial charge in [-0.25, -0.2) is 0 Å². The van der Waals surface area contributed by atoms with Gasteiger partial charge in [-0.2, -0.15) is 0 Å². The average molecular weight is 392 g/mol. The maximum atomic E-state index is 12.5. The van der Waals surface area contributed by atoms with E-state index in [2.05, 4.69) is 10.6 Å². The predicted octanol–water partition coefficient (Wildman–Crippen LogP) is -1.02. The molecule has 2 amide bonds. The lowest BCUT2D eigenvalue weighted by Crippen LogP contribution is -2.54. The van der Waals surface area contributed by atoms with E-state index in [4.69, 9.17) is 15.9 Å². The van der Waals surface area contributed by atoms with E-state index in [1.54, 1.807) is 36.6 Å². The van der Waals surface area contributed by atoms with E-state index < -0.39 is 48.3 Å². The Morgan fingerprint density at radius 3 is 2.18 bits per heavy atom. The molecule has 0 saturated carbocycles. The number of carbonyl (C=O) groups is 4. The zero-order chi connectivity index (χ0) is 21.1. The van der Waals surface area contributed by atoms with Crippen LogP contribution < -0.4 is 16.4 Å². The van der Waals surface area contributed by atoms with Crippen LogP contribution in [0.4, 0.5) is 0 Å². The molecule has 0 heterocycles. The smallest absolute Gasteiger partial charge is 0.305 e. The number of nitrogens with one attached hydrogen (secondary N) is 2. The molecule has 0 aliphatic heterocycles. The Balaban J connectivity index is 2.87. The van der Waals surface area contributed by atoms with Crippen molar-refractivity contribution in [3.8, 4) is 0 Å². The van der Waals surface area contributed by atoms with Crippen LogP contribution in [0.15, 0.2) is 30.3 Å². The largest absolute Gasteiger partial charge is 0.481 e. The van der Waals surface area contributed by atoms with E-state index in [1.165, 1.54) is 0 Å². The molecular weight excluding hydrogens is 370 g/mol. The highest BCUT2D eigenvalue weighted by Gasteiger charge is 2.27. The maximum Gasteiger partial charge on any atom is 0.305 e. The predicted molar refractivity (Wildman–Crippen MR) is 96.8 cm³/mol. The number of hydrogen-bond donors (Lipinski definition) is 5. The molecule has 0 saturated heterocycles. The highest BCUT2D eigenvalue weighted by atomic mass is 16.4. The highest BCUT2D eigenvalue weighted by Crippen LogP contribution is 2.05. The van der Waals surface area contributed by atoms with Crippen molar-refractivity contribution in [3.63, 3.8) is 0 Å². The van der Waals surface area contributed by atoms with Gasteiger partial charge in [0.05, 0.1) is 18.5 Å². The summed E-state index contributed by atoms with van der Waals surface area (Å²) in [5, 5.41) is 22.1. The molecule has 6 N–H and O–H groups in total. The molecule has 0 aromatic heterocycles. The number of carboxylic acid groups (broad SMARTS) is 2. The van der Waals surface area contributed by atoms with Gasteiger partial charge in [-0.1, -0.05) is 30.3 Å². The number of carbonyl (C=O) groups excluding carboxylic acids is 3. The van der Waals surface area contributed by atoms with Crippen molar-refractivity contribution in [1.29, 1.82) is 0 Å².